The van der Waals surface area contributed by atoms with Crippen LogP contribution in [-0.2, 0) is 22.6 Å². The van der Waals surface area contributed by atoms with Crippen LogP contribution in [0.3, 0.4) is 0 Å². The van der Waals surface area contributed by atoms with Gasteiger partial charge in [-0.25, -0.2) is 4.79 Å². The quantitative estimate of drug-likeness (QED) is 0.366. The van der Waals surface area contributed by atoms with Gasteiger partial charge in [0.05, 0.1) is 12.6 Å². The van der Waals surface area contributed by atoms with Gasteiger partial charge in [0.1, 0.15) is 5.60 Å². The van der Waals surface area contributed by atoms with E-state index in [0.717, 1.165) is 24.5 Å². The normalized spacial score (nSPS) is 17.1. The smallest absolute Gasteiger partial charge is 0.407 e. The van der Waals surface area contributed by atoms with E-state index < -0.39 is 5.60 Å². The molecule has 1 unspecified atom stereocenters. The minimum Gasteiger partial charge on any atom is -0.444 e. The van der Waals surface area contributed by atoms with Crippen molar-refractivity contribution in [3.8, 4) is 0 Å². The summed E-state index contributed by atoms with van der Waals surface area (Å²) in [5.74, 6) is 0.829. The molecule has 8 heteroatoms. The molecular formula is C20H33IN4O3. The molecule has 1 heterocycles. The number of nitrogens with one attached hydrogen (secondary N) is 2. The predicted molar refractivity (Wildman–Crippen MR) is 122 cm³/mol. The maximum atomic E-state index is 12.0. The number of amides is 1. The molecule has 1 aromatic rings. The lowest BCUT2D eigenvalue weighted by atomic mass is 10.1. The largest absolute Gasteiger partial charge is 0.444 e. The Bertz CT molecular complexity index is 661. The van der Waals surface area contributed by atoms with Crippen LogP contribution in [0.15, 0.2) is 29.3 Å². The molecule has 1 aliphatic heterocycles. The second kappa shape index (κ2) is 11.5. The fourth-order valence-electron chi connectivity index (χ4n) is 3.08. The number of benzene rings is 1. The molecular weight excluding hydrogens is 471 g/mol. The van der Waals surface area contributed by atoms with Gasteiger partial charge < -0.3 is 25.0 Å². The van der Waals surface area contributed by atoms with Crippen LogP contribution in [0.5, 0.6) is 0 Å². The molecule has 0 bridgehead atoms. The highest BCUT2D eigenvalue weighted by Crippen LogP contribution is 2.13. The lowest BCUT2D eigenvalue weighted by Crippen LogP contribution is -2.44. The van der Waals surface area contributed by atoms with Gasteiger partial charge in [0, 0.05) is 33.8 Å². The summed E-state index contributed by atoms with van der Waals surface area (Å²) in [4.78, 5) is 18.5. The summed E-state index contributed by atoms with van der Waals surface area (Å²) >= 11 is 0. The van der Waals surface area contributed by atoms with Crippen molar-refractivity contribution in [2.45, 2.75) is 52.0 Å². The summed E-state index contributed by atoms with van der Waals surface area (Å²) in [5, 5.41) is 6.36. The SMILES string of the molecule is CN=C(NCc1ccccc1COC)N1CCC(NC(=O)OC(C)(C)C)C1.I. The van der Waals surface area contributed by atoms with E-state index in [1.54, 1.807) is 14.2 Å². The van der Waals surface area contributed by atoms with Crippen molar-refractivity contribution in [2.24, 2.45) is 4.99 Å². The van der Waals surface area contributed by atoms with Gasteiger partial charge in [-0.15, -0.1) is 24.0 Å². The maximum absolute atomic E-state index is 12.0. The van der Waals surface area contributed by atoms with Gasteiger partial charge in [-0.05, 0) is 38.3 Å². The molecule has 0 radical (unpaired) electrons. The Hall–Kier alpha value is -1.55. The fraction of sp³-hybridized carbons (Fsp3) is 0.600. The summed E-state index contributed by atoms with van der Waals surface area (Å²) in [6.45, 7) is 8.38. The predicted octanol–water partition coefficient (Wildman–Crippen LogP) is 3.13. The Balaban J connectivity index is 0.00000392. The van der Waals surface area contributed by atoms with Gasteiger partial charge in [-0.3, -0.25) is 4.99 Å². The van der Waals surface area contributed by atoms with E-state index in [2.05, 4.69) is 32.7 Å². The average molecular weight is 504 g/mol. The van der Waals surface area contributed by atoms with Gasteiger partial charge in [-0.1, -0.05) is 24.3 Å². The van der Waals surface area contributed by atoms with Crippen LogP contribution in [0, 0.1) is 0 Å². The minimum absolute atomic E-state index is 0. The van der Waals surface area contributed by atoms with Crippen LogP contribution in [0.4, 0.5) is 4.79 Å². The molecule has 1 saturated heterocycles. The van der Waals surface area contributed by atoms with Crippen LogP contribution in [-0.4, -0.2) is 55.8 Å². The summed E-state index contributed by atoms with van der Waals surface area (Å²) in [5.41, 5.74) is 1.85. The van der Waals surface area contributed by atoms with Crippen molar-refractivity contribution in [3.63, 3.8) is 0 Å². The summed E-state index contributed by atoms with van der Waals surface area (Å²) < 4.78 is 10.6. The first-order valence-corrected chi connectivity index (χ1v) is 9.33. The van der Waals surface area contributed by atoms with Crippen molar-refractivity contribution in [1.29, 1.82) is 0 Å². The van der Waals surface area contributed by atoms with E-state index in [1.165, 1.54) is 5.56 Å². The number of rotatable bonds is 5. The van der Waals surface area contributed by atoms with Crippen molar-refractivity contribution in [2.75, 3.05) is 27.2 Å². The summed E-state index contributed by atoms with van der Waals surface area (Å²) in [6.07, 6.45) is 0.492. The first kappa shape index (κ1) is 24.5. The molecule has 1 fully saturated rings. The molecule has 7 nitrogen and oxygen atoms in total. The highest BCUT2D eigenvalue weighted by molar-refractivity contribution is 14.0. The Morgan fingerprint density at radius 1 is 1.29 bits per heavy atom. The van der Waals surface area contributed by atoms with Crippen LogP contribution >= 0.6 is 24.0 Å². The molecule has 28 heavy (non-hydrogen) atoms. The third-order valence-electron chi connectivity index (χ3n) is 4.28. The highest BCUT2D eigenvalue weighted by atomic mass is 127. The monoisotopic (exact) mass is 504 g/mol. The zero-order valence-electron chi connectivity index (χ0n) is 17.4. The molecule has 0 saturated carbocycles. The van der Waals surface area contributed by atoms with Gasteiger partial charge >= 0.3 is 6.09 Å². The van der Waals surface area contributed by atoms with Gasteiger partial charge in [-0.2, -0.15) is 0 Å². The Kier molecular flexibility index (Phi) is 10.0. The number of likely N-dealkylation sites (tertiary alicyclic amines) is 1. The third-order valence-corrected chi connectivity index (χ3v) is 4.28. The lowest BCUT2D eigenvalue weighted by molar-refractivity contribution is 0.0507. The van der Waals surface area contributed by atoms with Gasteiger partial charge in [0.15, 0.2) is 5.96 Å². The zero-order valence-corrected chi connectivity index (χ0v) is 19.8. The number of guanidine groups is 1. The van der Waals surface area contributed by atoms with E-state index in [-0.39, 0.29) is 36.1 Å². The summed E-state index contributed by atoms with van der Waals surface area (Å²) in [7, 11) is 3.48. The molecule has 1 amide bonds. The van der Waals surface area contributed by atoms with E-state index >= 15 is 0 Å². The molecule has 2 N–H and O–H groups in total. The number of hydrogen-bond acceptors (Lipinski definition) is 4. The molecule has 0 aliphatic carbocycles. The minimum atomic E-state index is -0.491. The summed E-state index contributed by atoms with van der Waals surface area (Å²) in [6, 6.07) is 8.25. The number of ether oxygens (including phenoxy) is 2. The van der Waals surface area contributed by atoms with Crippen LogP contribution < -0.4 is 10.6 Å². The van der Waals surface area contributed by atoms with E-state index in [0.29, 0.717) is 19.7 Å². The van der Waals surface area contributed by atoms with E-state index in [4.69, 9.17) is 9.47 Å². The first-order valence-electron chi connectivity index (χ1n) is 9.33. The number of alkyl carbamates (subject to hydrolysis) is 1. The number of hydrogen-bond donors (Lipinski definition) is 2. The number of carbonyl (C=O) groups excluding carboxylic acids is 1. The Labute approximate surface area is 185 Å². The molecule has 0 spiro atoms. The third kappa shape index (κ3) is 7.83. The topological polar surface area (TPSA) is 75.2 Å². The molecule has 2 rings (SSSR count). The van der Waals surface area contributed by atoms with Crippen LogP contribution in [0.2, 0.25) is 0 Å². The number of aliphatic imine (C=N–C) groups is 1. The van der Waals surface area contributed by atoms with Gasteiger partial charge in [0.2, 0.25) is 0 Å². The maximum Gasteiger partial charge on any atom is 0.407 e. The fourth-order valence-corrected chi connectivity index (χ4v) is 3.08. The Morgan fingerprint density at radius 2 is 1.96 bits per heavy atom. The second-order valence-corrected chi connectivity index (χ2v) is 7.68. The highest BCUT2D eigenvalue weighted by Gasteiger charge is 2.27. The van der Waals surface area contributed by atoms with E-state index in [9.17, 15) is 4.79 Å². The molecule has 0 aromatic heterocycles. The standard InChI is InChI=1S/C20H32N4O3.HI/c1-20(2,3)27-19(25)23-17-10-11-24(13-17)18(21-4)22-12-15-8-6-7-9-16(15)14-26-5;/h6-9,17H,10-14H2,1-5H3,(H,21,22)(H,23,25);1H. The zero-order chi connectivity index (χ0) is 19.9. The molecule has 1 atom stereocenters. The number of halogens is 1. The number of nitrogens with zero attached hydrogens (tertiary/aromatic N) is 2. The van der Waals surface area contributed by atoms with Crippen molar-refractivity contribution in [3.05, 3.63) is 35.4 Å². The number of carbonyl (C=O) groups is 1. The van der Waals surface area contributed by atoms with Gasteiger partial charge in [0.25, 0.3) is 0 Å². The van der Waals surface area contributed by atoms with Crippen molar-refractivity contribution in [1.82, 2.24) is 15.5 Å². The molecule has 1 aliphatic rings. The molecule has 1 aromatic carbocycles. The lowest BCUT2D eigenvalue weighted by Gasteiger charge is -2.23. The van der Waals surface area contributed by atoms with Crippen LogP contribution in [0.1, 0.15) is 38.3 Å². The van der Waals surface area contributed by atoms with Crippen molar-refractivity contribution < 1.29 is 14.3 Å². The second-order valence-electron chi connectivity index (χ2n) is 7.68. The van der Waals surface area contributed by atoms with Crippen LogP contribution in [0.25, 0.3) is 0 Å². The number of methoxy groups -OCH3 is 1. The average Bonchev–Trinajstić information content (AvgIpc) is 3.03. The Morgan fingerprint density at radius 3 is 2.57 bits per heavy atom. The van der Waals surface area contributed by atoms with E-state index in [1.807, 2.05) is 32.9 Å². The molecule has 158 valence electrons. The van der Waals surface area contributed by atoms with Crippen molar-refractivity contribution >= 4 is 36.0 Å². The first-order chi connectivity index (χ1) is 12.8.